The molecule has 0 spiro atoms. The molecule has 0 fully saturated rings. The Bertz CT molecular complexity index is 492. The van der Waals surface area contributed by atoms with Gasteiger partial charge < -0.3 is 4.74 Å². The van der Waals surface area contributed by atoms with Crippen LogP contribution in [-0.4, -0.2) is 3.98 Å². The third-order valence-corrected chi connectivity index (χ3v) is 2.35. The lowest BCUT2D eigenvalue weighted by Crippen LogP contribution is -2.12. The highest BCUT2D eigenvalue weighted by molar-refractivity contribution is 6.66. The third kappa shape index (κ3) is 3.81. The Morgan fingerprint density at radius 1 is 0.941 bits per heavy atom. The summed E-state index contributed by atoms with van der Waals surface area (Å²) >= 11 is 16.7. The molecule has 87 valence electrons. The minimum Gasteiger partial charge on any atom is -0.446 e. The topological polar surface area (TPSA) is 9.23 Å². The molecule has 1 nitrogen and oxygen atoms in total. The van der Waals surface area contributed by atoms with Gasteiger partial charge in [-0.1, -0.05) is 36.4 Å². The lowest BCUT2D eigenvalue weighted by Gasteiger charge is -2.14. The molecule has 0 atom stereocenters. The predicted molar refractivity (Wildman–Crippen MR) is 71.6 cm³/mol. The van der Waals surface area contributed by atoms with Crippen molar-refractivity contribution in [2.45, 2.75) is 3.98 Å². The molecule has 2 aromatic carbocycles. The molecule has 0 aliphatic rings. The van der Waals surface area contributed by atoms with Crippen molar-refractivity contribution in [3.05, 3.63) is 54.6 Å². The second kappa shape index (κ2) is 5.18. The van der Waals surface area contributed by atoms with Crippen LogP contribution in [0.2, 0.25) is 0 Å². The van der Waals surface area contributed by atoms with E-state index in [0.717, 1.165) is 11.1 Å². The molecule has 4 heteroatoms. The fraction of sp³-hybridized carbons (Fsp3) is 0.0769. The van der Waals surface area contributed by atoms with Gasteiger partial charge in [-0.15, -0.1) is 0 Å². The standard InChI is InChI=1S/C13H8Cl3O/c14-13(15,16)17-12-8-4-7-11(9-12)10-5-2-1-3-6-10/h2-9H. The van der Waals surface area contributed by atoms with Gasteiger partial charge in [-0.05, 0) is 64.1 Å². The van der Waals surface area contributed by atoms with E-state index in [2.05, 4.69) is 6.07 Å². The van der Waals surface area contributed by atoms with Gasteiger partial charge in [0.2, 0.25) is 0 Å². The van der Waals surface area contributed by atoms with Crippen molar-refractivity contribution in [3.63, 3.8) is 0 Å². The average Bonchev–Trinajstić information content (AvgIpc) is 2.28. The smallest absolute Gasteiger partial charge is 0.338 e. The summed E-state index contributed by atoms with van der Waals surface area (Å²) in [6, 6.07) is 17.9. The molecule has 17 heavy (non-hydrogen) atoms. The first-order valence-electron chi connectivity index (χ1n) is 4.87. The Kier molecular flexibility index (Phi) is 3.82. The molecule has 0 unspecified atom stereocenters. The number of rotatable bonds is 2. The molecule has 0 aliphatic carbocycles. The first-order chi connectivity index (χ1) is 8.04. The number of hydrogen-bond donors (Lipinski definition) is 0. The van der Waals surface area contributed by atoms with E-state index in [4.69, 9.17) is 39.5 Å². The van der Waals surface area contributed by atoms with Crippen LogP contribution in [0, 0.1) is 6.07 Å². The lowest BCUT2D eigenvalue weighted by molar-refractivity contribution is 0.320. The number of halogens is 3. The van der Waals surface area contributed by atoms with Crippen LogP contribution in [0.15, 0.2) is 48.5 Å². The SMILES string of the molecule is ClC(Cl)(Cl)Oc1cccc(-c2cc[c]cc2)c1. The van der Waals surface area contributed by atoms with Crippen LogP contribution >= 0.6 is 34.8 Å². The zero-order valence-corrected chi connectivity index (χ0v) is 10.9. The summed E-state index contributed by atoms with van der Waals surface area (Å²) in [6.45, 7) is 0. The summed E-state index contributed by atoms with van der Waals surface area (Å²) in [5.41, 5.74) is 2.05. The molecule has 1 radical (unpaired) electrons. The van der Waals surface area contributed by atoms with Gasteiger partial charge in [0.15, 0.2) is 0 Å². The van der Waals surface area contributed by atoms with E-state index >= 15 is 0 Å². The fourth-order valence-electron chi connectivity index (χ4n) is 1.45. The lowest BCUT2D eigenvalue weighted by atomic mass is 10.1. The molecule has 0 saturated heterocycles. The van der Waals surface area contributed by atoms with Gasteiger partial charge in [-0.2, -0.15) is 0 Å². The van der Waals surface area contributed by atoms with Crippen LogP contribution in [0.4, 0.5) is 0 Å². The van der Waals surface area contributed by atoms with Gasteiger partial charge in [-0.25, -0.2) is 0 Å². The van der Waals surface area contributed by atoms with Crippen molar-refractivity contribution >= 4 is 34.8 Å². The van der Waals surface area contributed by atoms with Crippen LogP contribution in [0.1, 0.15) is 0 Å². The van der Waals surface area contributed by atoms with Crippen LogP contribution in [0.25, 0.3) is 11.1 Å². The molecular weight excluding hydrogens is 279 g/mol. The van der Waals surface area contributed by atoms with E-state index in [1.54, 1.807) is 6.07 Å². The number of ether oxygens (including phenoxy) is 1. The maximum absolute atomic E-state index is 5.57. The average molecular weight is 287 g/mol. The zero-order valence-electron chi connectivity index (χ0n) is 8.66. The summed E-state index contributed by atoms with van der Waals surface area (Å²) in [6.07, 6.45) is 0. The molecule has 0 aliphatic heterocycles. The first kappa shape index (κ1) is 12.6. The van der Waals surface area contributed by atoms with E-state index in [-0.39, 0.29) is 0 Å². The minimum atomic E-state index is -1.75. The van der Waals surface area contributed by atoms with Gasteiger partial charge in [0.05, 0.1) is 0 Å². The Morgan fingerprint density at radius 3 is 2.29 bits per heavy atom. The van der Waals surface area contributed by atoms with Crippen molar-refractivity contribution in [1.29, 1.82) is 0 Å². The van der Waals surface area contributed by atoms with Crippen molar-refractivity contribution < 1.29 is 4.74 Å². The van der Waals surface area contributed by atoms with Gasteiger partial charge in [0, 0.05) is 0 Å². The summed E-state index contributed by atoms with van der Waals surface area (Å²) < 4.78 is 3.41. The number of alkyl halides is 3. The Labute approximate surface area is 115 Å². The third-order valence-electron chi connectivity index (χ3n) is 2.12. The van der Waals surface area contributed by atoms with Crippen molar-refractivity contribution in [1.82, 2.24) is 0 Å². The highest BCUT2D eigenvalue weighted by atomic mass is 35.6. The van der Waals surface area contributed by atoms with E-state index in [1.165, 1.54) is 0 Å². The Balaban J connectivity index is 2.29. The van der Waals surface area contributed by atoms with E-state index in [0.29, 0.717) is 5.75 Å². The fourth-order valence-corrected chi connectivity index (χ4v) is 1.72. The highest BCUT2D eigenvalue weighted by Gasteiger charge is 2.21. The predicted octanol–water partition coefficient (Wildman–Crippen LogP) is 4.86. The van der Waals surface area contributed by atoms with E-state index in [9.17, 15) is 0 Å². The molecule has 0 saturated carbocycles. The quantitative estimate of drug-likeness (QED) is 0.716. The summed E-state index contributed by atoms with van der Waals surface area (Å²) in [5.74, 6) is 0.510. The molecule has 0 aromatic heterocycles. The van der Waals surface area contributed by atoms with Crippen molar-refractivity contribution in [3.8, 4) is 16.9 Å². The van der Waals surface area contributed by atoms with Crippen LogP contribution in [-0.2, 0) is 0 Å². The van der Waals surface area contributed by atoms with Gasteiger partial charge in [0.25, 0.3) is 0 Å². The highest BCUT2D eigenvalue weighted by Crippen LogP contribution is 2.32. The Hall–Kier alpha value is -0.890. The number of hydrogen-bond acceptors (Lipinski definition) is 1. The first-order valence-corrected chi connectivity index (χ1v) is 6.00. The van der Waals surface area contributed by atoms with E-state index < -0.39 is 3.98 Å². The molecule has 0 heterocycles. The normalized spacial score (nSPS) is 11.2. The monoisotopic (exact) mass is 285 g/mol. The van der Waals surface area contributed by atoms with Crippen LogP contribution < -0.4 is 4.74 Å². The van der Waals surface area contributed by atoms with Crippen molar-refractivity contribution in [2.24, 2.45) is 0 Å². The maximum Gasteiger partial charge on any atom is 0.338 e. The van der Waals surface area contributed by atoms with Crippen molar-refractivity contribution in [2.75, 3.05) is 0 Å². The molecule has 0 bridgehead atoms. The largest absolute Gasteiger partial charge is 0.446 e. The minimum absolute atomic E-state index is 0.510. The maximum atomic E-state index is 5.57. The van der Waals surface area contributed by atoms with Crippen LogP contribution in [0.3, 0.4) is 0 Å². The number of benzene rings is 2. The van der Waals surface area contributed by atoms with Gasteiger partial charge in [0.1, 0.15) is 5.75 Å². The molecule has 0 amide bonds. The van der Waals surface area contributed by atoms with Gasteiger partial charge >= 0.3 is 3.98 Å². The molecule has 0 N–H and O–H groups in total. The summed E-state index contributed by atoms with van der Waals surface area (Å²) in [5, 5.41) is 0. The summed E-state index contributed by atoms with van der Waals surface area (Å²) in [4.78, 5) is 0. The second-order valence-corrected chi connectivity index (χ2v) is 5.54. The Morgan fingerprint density at radius 2 is 1.65 bits per heavy atom. The second-order valence-electron chi connectivity index (χ2n) is 3.36. The van der Waals surface area contributed by atoms with E-state index in [1.807, 2.05) is 42.5 Å². The zero-order chi connectivity index (χ0) is 12.3. The van der Waals surface area contributed by atoms with Gasteiger partial charge in [-0.3, -0.25) is 0 Å². The molecule has 2 aromatic rings. The molecular formula is C13H8Cl3O. The summed E-state index contributed by atoms with van der Waals surface area (Å²) in [7, 11) is 0. The molecule has 2 rings (SSSR count). The van der Waals surface area contributed by atoms with Crippen LogP contribution in [0.5, 0.6) is 5.75 Å².